The largest absolute Gasteiger partial charge is 0.488 e. The predicted molar refractivity (Wildman–Crippen MR) is 229 cm³/mol. The minimum absolute atomic E-state index is 0.152. The van der Waals surface area contributed by atoms with Gasteiger partial charge in [0.25, 0.3) is 0 Å². The Balaban J connectivity index is 0.00000115. The topological polar surface area (TPSA) is 74.3 Å². The molecule has 7 nitrogen and oxygen atoms in total. The van der Waals surface area contributed by atoms with E-state index in [1.54, 1.807) is 12.1 Å². The van der Waals surface area contributed by atoms with Gasteiger partial charge in [0.2, 0.25) is 0 Å². The summed E-state index contributed by atoms with van der Waals surface area (Å²) in [4.78, 5) is 25.8. The summed E-state index contributed by atoms with van der Waals surface area (Å²) in [7, 11) is 4.20. The zero-order valence-corrected chi connectivity index (χ0v) is 34.2. The van der Waals surface area contributed by atoms with Crippen LogP contribution in [0.3, 0.4) is 0 Å². The van der Waals surface area contributed by atoms with Gasteiger partial charge in [-0.3, -0.25) is 4.67 Å². The molecule has 6 aromatic rings. The Hall–Kier alpha value is -5.49. The van der Waals surface area contributed by atoms with Gasteiger partial charge in [0.15, 0.2) is 0 Å². The van der Waals surface area contributed by atoms with E-state index < -0.39 is 5.97 Å². The molecule has 0 N–H and O–H groups in total. The van der Waals surface area contributed by atoms with Crippen LogP contribution in [0.1, 0.15) is 77.1 Å². The van der Waals surface area contributed by atoms with Crippen molar-refractivity contribution in [3.8, 4) is 22.6 Å². The van der Waals surface area contributed by atoms with Crippen molar-refractivity contribution in [3.63, 3.8) is 0 Å². The molecular formula is C48H52NO6P. The Bertz CT molecular complexity index is 2170. The molecule has 0 aromatic heterocycles. The number of nitrogens with zero attached hydrogens (tertiary/aromatic N) is 1. The Morgan fingerprint density at radius 1 is 0.696 bits per heavy atom. The minimum atomic E-state index is -0.402. The van der Waals surface area contributed by atoms with Gasteiger partial charge in [0.1, 0.15) is 31.3 Å². The van der Waals surface area contributed by atoms with Crippen molar-refractivity contribution in [1.29, 1.82) is 0 Å². The SMILES string of the molecule is CC.CCC.COC(=O)c1ccc(-c2c(OCc3ccccc3)cc(OCc3ccccc3)c3c2CC(COC(=O)c2cccc4ccccc24)N(P)C3)cc1. The summed E-state index contributed by atoms with van der Waals surface area (Å²) in [5, 5.41) is 1.85. The lowest BCUT2D eigenvalue weighted by Crippen LogP contribution is -2.38. The molecule has 0 aliphatic carbocycles. The number of rotatable bonds is 11. The third kappa shape index (κ3) is 10.4. The molecular weight excluding hydrogens is 718 g/mol. The number of carbonyl (C=O) groups is 2. The second-order valence-electron chi connectivity index (χ2n) is 13.2. The average molecular weight is 770 g/mol. The monoisotopic (exact) mass is 769 g/mol. The van der Waals surface area contributed by atoms with Crippen molar-refractivity contribution < 1.29 is 28.5 Å². The Morgan fingerprint density at radius 3 is 1.89 bits per heavy atom. The van der Waals surface area contributed by atoms with Crippen LogP contribution in [0.2, 0.25) is 0 Å². The van der Waals surface area contributed by atoms with Gasteiger partial charge in [-0.05, 0) is 57.6 Å². The van der Waals surface area contributed by atoms with Crippen molar-refractivity contribution >= 4 is 32.1 Å². The Labute approximate surface area is 333 Å². The lowest BCUT2D eigenvalue weighted by molar-refractivity contribution is 0.0416. The summed E-state index contributed by atoms with van der Waals surface area (Å²) in [5.41, 5.74) is 6.95. The molecule has 7 rings (SSSR count). The average Bonchev–Trinajstić information content (AvgIpc) is 3.25. The van der Waals surface area contributed by atoms with Gasteiger partial charge in [0.05, 0.1) is 24.3 Å². The molecule has 1 heterocycles. The molecule has 2 unspecified atom stereocenters. The molecule has 0 bridgehead atoms. The lowest BCUT2D eigenvalue weighted by Gasteiger charge is -2.36. The van der Waals surface area contributed by atoms with Gasteiger partial charge in [-0.2, -0.15) is 0 Å². The first-order valence-corrected chi connectivity index (χ1v) is 19.8. The number of carbonyl (C=O) groups excluding carboxylic acids is 2. The molecule has 0 radical (unpaired) electrons. The molecule has 0 fully saturated rings. The molecule has 6 aromatic carbocycles. The Morgan fingerprint density at radius 2 is 1.27 bits per heavy atom. The van der Waals surface area contributed by atoms with E-state index in [9.17, 15) is 9.59 Å². The highest BCUT2D eigenvalue weighted by molar-refractivity contribution is 7.13. The fourth-order valence-electron chi connectivity index (χ4n) is 6.52. The third-order valence-corrected chi connectivity index (χ3v) is 9.81. The highest BCUT2D eigenvalue weighted by Crippen LogP contribution is 2.45. The van der Waals surface area contributed by atoms with Gasteiger partial charge in [0, 0.05) is 23.7 Å². The van der Waals surface area contributed by atoms with Crippen LogP contribution in [-0.4, -0.2) is 36.4 Å². The van der Waals surface area contributed by atoms with E-state index in [2.05, 4.69) is 27.9 Å². The number of hydrogen-bond donors (Lipinski definition) is 0. The van der Waals surface area contributed by atoms with Crippen molar-refractivity contribution in [2.75, 3.05) is 13.7 Å². The van der Waals surface area contributed by atoms with E-state index >= 15 is 0 Å². The molecule has 290 valence electrons. The van der Waals surface area contributed by atoms with Crippen LogP contribution in [0.4, 0.5) is 0 Å². The highest BCUT2D eigenvalue weighted by atomic mass is 31.0. The molecule has 1 aliphatic heterocycles. The maximum atomic E-state index is 13.5. The van der Waals surface area contributed by atoms with Crippen molar-refractivity contribution in [1.82, 2.24) is 4.67 Å². The predicted octanol–water partition coefficient (Wildman–Crippen LogP) is 11.3. The molecule has 0 spiro atoms. The number of hydrogen-bond acceptors (Lipinski definition) is 7. The van der Waals surface area contributed by atoms with Gasteiger partial charge < -0.3 is 18.9 Å². The number of fused-ring (bicyclic) bond motifs is 2. The van der Waals surface area contributed by atoms with E-state index in [0.717, 1.165) is 49.9 Å². The number of methoxy groups -OCH3 is 1. The number of ether oxygens (including phenoxy) is 4. The zero-order valence-electron chi connectivity index (χ0n) is 33.0. The van der Waals surface area contributed by atoms with Crippen LogP contribution in [0, 0.1) is 0 Å². The third-order valence-electron chi connectivity index (χ3n) is 9.21. The van der Waals surface area contributed by atoms with E-state index in [0.29, 0.717) is 43.1 Å². The van der Waals surface area contributed by atoms with E-state index in [-0.39, 0.29) is 18.6 Å². The molecule has 0 saturated carbocycles. The van der Waals surface area contributed by atoms with E-state index in [4.69, 9.17) is 18.9 Å². The second kappa shape index (κ2) is 21.0. The van der Waals surface area contributed by atoms with Crippen LogP contribution >= 0.6 is 9.39 Å². The summed E-state index contributed by atoms with van der Waals surface area (Å²) in [6.45, 7) is 9.71. The van der Waals surface area contributed by atoms with Crippen molar-refractivity contribution in [3.05, 3.63) is 167 Å². The number of benzene rings is 6. The standard InChI is InChI=1S/C43H38NO6P.C3H8.C2H6/c1-47-42(45)33-21-19-32(20-22-33)41-37-23-34(28-50-43(46)36-18-10-16-31-15-8-9-17-35(31)36)44(51)25-38(37)39(48-26-29-11-4-2-5-12-29)24-40(41)49-27-30-13-6-3-7-14-30;1-3-2;1-2/h2-22,24,34H,23,25-28,51H2,1H3;3H2,1-2H3;1-2H3. The van der Waals surface area contributed by atoms with Crippen LogP contribution in [0.5, 0.6) is 11.5 Å². The summed E-state index contributed by atoms with van der Waals surface area (Å²) >= 11 is 0. The second-order valence-corrected chi connectivity index (χ2v) is 13.8. The minimum Gasteiger partial charge on any atom is -0.488 e. The maximum absolute atomic E-state index is 13.5. The maximum Gasteiger partial charge on any atom is 0.338 e. The molecule has 2 atom stereocenters. The first-order valence-electron chi connectivity index (χ1n) is 19.3. The van der Waals surface area contributed by atoms with Crippen LogP contribution in [-0.2, 0) is 35.7 Å². The van der Waals surface area contributed by atoms with Crippen molar-refractivity contribution in [2.24, 2.45) is 0 Å². The first kappa shape index (κ1) is 41.7. The molecule has 56 heavy (non-hydrogen) atoms. The summed E-state index contributed by atoms with van der Waals surface area (Å²) < 4.78 is 26.3. The van der Waals surface area contributed by atoms with Crippen LogP contribution in [0.15, 0.2) is 133 Å². The lowest BCUT2D eigenvalue weighted by atomic mass is 9.86. The summed E-state index contributed by atoms with van der Waals surface area (Å²) in [6, 6.07) is 42.8. The molecule has 1 aliphatic rings. The van der Waals surface area contributed by atoms with Gasteiger partial charge in [-0.1, -0.05) is 153 Å². The summed E-state index contributed by atoms with van der Waals surface area (Å²) in [5.74, 6) is 0.627. The fraction of sp³-hybridized carbons (Fsp3) is 0.250. The van der Waals surface area contributed by atoms with Gasteiger partial charge in [-0.25, -0.2) is 9.59 Å². The smallest absolute Gasteiger partial charge is 0.338 e. The molecule has 0 amide bonds. The van der Waals surface area contributed by atoms with Gasteiger partial charge >= 0.3 is 11.9 Å². The number of esters is 2. The Kier molecular flexibility index (Phi) is 15.6. The fourth-order valence-corrected chi connectivity index (χ4v) is 6.89. The molecule has 0 saturated heterocycles. The van der Waals surface area contributed by atoms with E-state index in [1.807, 2.05) is 135 Å². The van der Waals surface area contributed by atoms with Crippen molar-refractivity contribution in [2.45, 2.75) is 66.3 Å². The van der Waals surface area contributed by atoms with Gasteiger partial charge in [-0.15, -0.1) is 0 Å². The molecule has 8 heteroatoms. The highest BCUT2D eigenvalue weighted by Gasteiger charge is 2.32. The summed E-state index contributed by atoms with van der Waals surface area (Å²) in [6.07, 6.45) is 1.81. The van der Waals surface area contributed by atoms with Crippen LogP contribution in [0.25, 0.3) is 21.9 Å². The normalized spacial score (nSPS) is 13.2. The van der Waals surface area contributed by atoms with Crippen LogP contribution < -0.4 is 9.47 Å². The quantitative estimate of drug-likeness (QED) is 0.0959. The first-order chi connectivity index (χ1) is 27.4. The van der Waals surface area contributed by atoms with E-state index in [1.165, 1.54) is 13.5 Å². The zero-order chi connectivity index (χ0) is 39.9.